The maximum atomic E-state index is 11.6. The van der Waals surface area contributed by atoms with E-state index in [0.717, 1.165) is 23.7 Å². The van der Waals surface area contributed by atoms with Crippen LogP contribution in [0, 0.1) is 0 Å². The molecule has 0 aliphatic heterocycles. The van der Waals surface area contributed by atoms with Gasteiger partial charge < -0.3 is 10.6 Å². The fourth-order valence-corrected chi connectivity index (χ4v) is 2.18. The normalized spacial score (nSPS) is 16.3. The van der Waals surface area contributed by atoms with Crippen molar-refractivity contribution in [3.8, 4) is 0 Å². The molecule has 18 heavy (non-hydrogen) atoms. The second-order valence-corrected chi connectivity index (χ2v) is 5.65. The zero-order valence-corrected chi connectivity index (χ0v) is 12.2. The molecule has 1 aliphatic carbocycles. The van der Waals surface area contributed by atoms with Crippen molar-refractivity contribution in [2.24, 2.45) is 0 Å². The van der Waals surface area contributed by atoms with Crippen molar-refractivity contribution in [3.05, 3.63) is 34.3 Å². The molecule has 1 aliphatic rings. The number of carbonyl (C=O) groups excluding carboxylic acids is 1. The molecule has 2 rings (SSSR count). The van der Waals surface area contributed by atoms with Gasteiger partial charge in [0.05, 0.1) is 6.54 Å². The van der Waals surface area contributed by atoms with Crippen LogP contribution in [0.4, 0.5) is 0 Å². The second kappa shape index (κ2) is 6.34. The number of carbonyl (C=O) groups is 1. The second-order valence-electron chi connectivity index (χ2n) is 4.74. The highest BCUT2D eigenvalue weighted by Crippen LogP contribution is 2.20. The lowest BCUT2D eigenvalue weighted by Gasteiger charge is -2.17. The quantitative estimate of drug-likeness (QED) is 0.848. The fourth-order valence-electron chi connectivity index (χ4n) is 1.92. The first-order valence-electron chi connectivity index (χ1n) is 6.47. The summed E-state index contributed by atoms with van der Waals surface area (Å²) in [6, 6.07) is 8.91. The Balaban J connectivity index is 1.84. The first-order valence-corrected chi connectivity index (χ1v) is 7.26. The van der Waals surface area contributed by atoms with Crippen LogP contribution in [-0.2, 0) is 4.79 Å². The Hall–Kier alpha value is -0.870. The summed E-state index contributed by atoms with van der Waals surface area (Å²) in [6.07, 6.45) is 3.24. The van der Waals surface area contributed by atoms with Gasteiger partial charge in [-0.1, -0.05) is 35.0 Å². The van der Waals surface area contributed by atoms with E-state index >= 15 is 0 Å². The first-order chi connectivity index (χ1) is 8.69. The molecule has 1 saturated carbocycles. The number of halogens is 1. The largest absolute Gasteiger partial charge is 0.352 e. The lowest BCUT2D eigenvalue weighted by atomic mass is 10.0. The Morgan fingerprint density at radius 1 is 1.39 bits per heavy atom. The van der Waals surface area contributed by atoms with Crippen molar-refractivity contribution < 1.29 is 4.79 Å². The minimum atomic E-state index is 0.105. The molecular formula is C14H19BrN2O. The van der Waals surface area contributed by atoms with Crippen molar-refractivity contribution in [1.29, 1.82) is 0 Å². The number of nitrogens with one attached hydrogen (secondary N) is 2. The van der Waals surface area contributed by atoms with Gasteiger partial charge in [0.15, 0.2) is 0 Å². The summed E-state index contributed by atoms with van der Waals surface area (Å²) >= 11 is 3.43. The molecule has 1 fully saturated rings. The van der Waals surface area contributed by atoms with E-state index < -0.39 is 0 Å². The van der Waals surface area contributed by atoms with E-state index in [1.54, 1.807) is 0 Å². The molecule has 0 aromatic heterocycles. The third-order valence-corrected chi connectivity index (χ3v) is 3.66. The van der Waals surface area contributed by atoms with E-state index in [9.17, 15) is 4.79 Å². The van der Waals surface area contributed by atoms with E-state index in [4.69, 9.17) is 0 Å². The monoisotopic (exact) mass is 310 g/mol. The van der Waals surface area contributed by atoms with Crippen molar-refractivity contribution in [1.82, 2.24) is 10.6 Å². The van der Waals surface area contributed by atoms with Crippen LogP contribution in [0.2, 0.25) is 0 Å². The van der Waals surface area contributed by atoms with Gasteiger partial charge >= 0.3 is 0 Å². The molecule has 0 saturated heterocycles. The third kappa shape index (κ3) is 4.10. The summed E-state index contributed by atoms with van der Waals surface area (Å²) in [5, 5.41) is 6.30. The van der Waals surface area contributed by atoms with Crippen molar-refractivity contribution in [2.45, 2.75) is 38.3 Å². The van der Waals surface area contributed by atoms with Gasteiger partial charge in [0.25, 0.3) is 0 Å². The fraction of sp³-hybridized carbons (Fsp3) is 0.500. The van der Waals surface area contributed by atoms with E-state index in [-0.39, 0.29) is 11.9 Å². The van der Waals surface area contributed by atoms with Gasteiger partial charge in [-0.15, -0.1) is 0 Å². The first kappa shape index (κ1) is 13.6. The van der Waals surface area contributed by atoms with Crippen LogP contribution < -0.4 is 10.6 Å². The van der Waals surface area contributed by atoms with E-state index in [0.29, 0.717) is 12.6 Å². The van der Waals surface area contributed by atoms with Gasteiger partial charge in [0.1, 0.15) is 0 Å². The van der Waals surface area contributed by atoms with Gasteiger partial charge in [0, 0.05) is 16.6 Å². The number of hydrogen-bond acceptors (Lipinski definition) is 2. The van der Waals surface area contributed by atoms with Crippen molar-refractivity contribution >= 4 is 21.8 Å². The number of rotatable bonds is 6. The Kier molecular flexibility index (Phi) is 4.78. The molecular weight excluding hydrogens is 292 g/mol. The lowest BCUT2D eigenvalue weighted by molar-refractivity contribution is -0.120. The molecule has 1 amide bonds. The standard InChI is InChI=1S/C14H19BrN2O/c1-2-13(10-3-5-11(15)6-4-10)16-9-14(18)17-12-7-8-12/h3-6,12-13,16H,2,7-9H2,1H3,(H,17,18). The number of benzene rings is 1. The molecule has 1 unspecified atom stereocenters. The highest BCUT2D eigenvalue weighted by atomic mass is 79.9. The molecule has 0 bridgehead atoms. The van der Waals surface area contributed by atoms with Crippen LogP contribution in [0.15, 0.2) is 28.7 Å². The highest BCUT2D eigenvalue weighted by molar-refractivity contribution is 9.10. The molecule has 1 aromatic carbocycles. The van der Waals surface area contributed by atoms with Crippen molar-refractivity contribution in [2.75, 3.05) is 6.54 Å². The van der Waals surface area contributed by atoms with Crippen LogP contribution in [-0.4, -0.2) is 18.5 Å². The predicted octanol–water partition coefficient (Wildman–Crippen LogP) is 2.77. The summed E-state index contributed by atoms with van der Waals surface area (Å²) < 4.78 is 1.08. The highest BCUT2D eigenvalue weighted by Gasteiger charge is 2.23. The predicted molar refractivity (Wildman–Crippen MR) is 76.3 cm³/mol. The van der Waals surface area contributed by atoms with Crippen LogP contribution in [0.3, 0.4) is 0 Å². The van der Waals surface area contributed by atoms with E-state index in [2.05, 4.69) is 45.6 Å². The smallest absolute Gasteiger partial charge is 0.234 e. The van der Waals surface area contributed by atoms with Crippen LogP contribution in [0.25, 0.3) is 0 Å². The SMILES string of the molecule is CCC(NCC(=O)NC1CC1)c1ccc(Br)cc1. The Morgan fingerprint density at radius 3 is 2.61 bits per heavy atom. The minimum absolute atomic E-state index is 0.105. The molecule has 2 N–H and O–H groups in total. The van der Waals surface area contributed by atoms with Gasteiger partial charge in [0.2, 0.25) is 5.91 Å². The molecule has 0 radical (unpaired) electrons. The zero-order valence-electron chi connectivity index (χ0n) is 10.6. The van der Waals surface area contributed by atoms with Gasteiger partial charge in [-0.25, -0.2) is 0 Å². The summed E-state index contributed by atoms with van der Waals surface area (Å²) in [5.74, 6) is 0.105. The van der Waals surface area contributed by atoms with Gasteiger partial charge in [-0.3, -0.25) is 4.79 Å². The molecule has 98 valence electrons. The zero-order chi connectivity index (χ0) is 13.0. The number of amides is 1. The van der Waals surface area contributed by atoms with E-state index in [1.165, 1.54) is 5.56 Å². The van der Waals surface area contributed by atoms with Gasteiger partial charge in [-0.05, 0) is 37.0 Å². The summed E-state index contributed by atoms with van der Waals surface area (Å²) in [7, 11) is 0. The molecule has 1 aromatic rings. The molecule has 1 atom stereocenters. The average Bonchev–Trinajstić information content (AvgIpc) is 3.16. The van der Waals surface area contributed by atoms with Crippen LogP contribution >= 0.6 is 15.9 Å². The number of hydrogen-bond donors (Lipinski definition) is 2. The topological polar surface area (TPSA) is 41.1 Å². The lowest BCUT2D eigenvalue weighted by Crippen LogP contribution is -2.36. The summed E-state index contributed by atoms with van der Waals surface area (Å²) in [5.41, 5.74) is 1.22. The Bertz CT molecular complexity index is 401. The summed E-state index contributed by atoms with van der Waals surface area (Å²) in [6.45, 7) is 2.52. The summed E-state index contributed by atoms with van der Waals surface area (Å²) in [4.78, 5) is 11.6. The third-order valence-electron chi connectivity index (χ3n) is 3.13. The maximum absolute atomic E-state index is 11.6. The molecule has 0 spiro atoms. The van der Waals surface area contributed by atoms with Crippen LogP contribution in [0.5, 0.6) is 0 Å². The minimum Gasteiger partial charge on any atom is -0.352 e. The van der Waals surface area contributed by atoms with Crippen LogP contribution in [0.1, 0.15) is 37.8 Å². The molecule has 4 heteroatoms. The van der Waals surface area contributed by atoms with Gasteiger partial charge in [-0.2, -0.15) is 0 Å². The average molecular weight is 311 g/mol. The van der Waals surface area contributed by atoms with Crippen molar-refractivity contribution in [3.63, 3.8) is 0 Å². The Morgan fingerprint density at radius 2 is 2.06 bits per heavy atom. The maximum Gasteiger partial charge on any atom is 0.234 e. The van der Waals surface area contributed by atoms with E-state index in [1.807, 2.05) is 12.1 Å². The molecule has 3 nitrogen and oxygen atoms in total. The molecule has 0 heterocycles. The Labute approximate surface area is 116 Å².